The van der Waals surface area contributed by atoms with E-state index < -0.39 is 0 Å². The van der Waals surface area contributed by atoms with E-state index >= 15 is 0 Å². The Balaban J connectivity index is 3.78. The minimum absolute atomic E-state index is 0.0100. The number of hydrogen-bond acceptors (Lipinski definition) is 0. The van der Waals surface area contributed by atoms with Crippen LogP contribution in [0.2, 0.25) is 0 Å². The van der Waals surface area contributed by atoms with Crippen molar-refractivity contribution in [3.63, 3.8) is 0 Å². The lowest BCUT2D eigenvalue weighted by atomic mass is 10.0. The predicted molar refractivity (Wildman–Crippen MR) is 48.8 cm³/mol. The quantitative estimate of drug-likeness (QED) is 0.582. The molecule has 0 N–H and O–H groups in total. The first-order chi connectivity index (χ1) is 4.54. The molecule has 0 saturated carbocycles. The highest BCUT2D eigenvalue weighted by Crippen LogP contribution is 2.29. The average Bonchev–Trinajstić information content (AvgIpc) is 1.89. The van der Waals surface area contributed by atoms with E-state index in [1.54, 1.807) is 0 Å². The van der Waals surface area contributed by atoms with Gasteiger partial charge in [0.15, 0.2) is 0 Å². The molecule has 0 aromatic rings. The lowest BCUT2D eigenvalue weighted by Gasteiger charge is -2.25. The number of rotatable bonds is 4. The molecule has 0 rings (SSSR count). The number of alkyl halides is 2. The van der Waals surface area contributed by atoms with Crippen molar-refractivity contribution < 1.29 is 0 Å². The highest BCUT2D eigenvalue weighted by molar-refractivity contribution is 6.32. The summed E-state index contributed by atoms with van der Waals surface area (Å²) in [4.78, 5) is -0.266. The number of hydrogen-bond donors (Lipinski definition) is 0. The third-order valence-corrected chi connectivity index (χ3v) is 2.98. The normalized spacial score (nSPS) is 20.1. The molecule has 0 bridgehead atoms. The molecule has 0 nitrogen and oxygen atoms in total. The minimum atomic E-state index is -0.266. The first-order valence-corrected chi connectivity index (χ1v) is 4.52. The fraction of sp³-hybridized carbons (Fsp3) is 0.875. The second kappa shape index (κ2) is 4.46. The van der Waals surface area contributed by atoms with Gasteiger partial charge in [-0.05, 0) is 19.8 Å². The predicted octanol–water partition coefficient (Wildman–Crippen LogP) is 3.62. The van der Waals surface area contributed by atoms with E-state index in [2.05, 4.69) is 6.92 Å². The molecule has 2 atom stereocenters. The van der Waals surface area contributed by atoms with Crippen LogP contribution in [0.15, 0.2) is 0 Å². The van der Waals surface area contributed by atoms with E-state index in [-0.39, 0.29) is 10.3 Å². The molecule has 0 fully saturated rings. The summed E-state index contributed by atoms with van der Waals surface area (Å²) >= 11 is 12.1. The summed E-state index contributed by atoms with van der Waals surface area (Å²) in [6, 6.07) is 0. The average molecular weight is 182 g/mol. The zero-order valence-corrected chi connectivity index (χ0v) is 8.34. The van der Waals surface area contributed by atoms with Crippen molar-refractivity contribution in [2.45, 2.75) is 43.9 Å². The van der Waals surface area contributed by atoms with Crippen LogP contribution in [0, 0.1) is 6.42 Å². The van der Waals surface area contributed by atoms with Gasteiger partial charge in [0.05, 0.1) is 10.3 Å². The first kappa shape index (κ1) is 10.6. The topological polar surface area (TPSA) is 0 Å². The molecule has 0 aromatic carbocycles. The molecule has 0 aliphatic heterocycles. The molecule has 0 amide bonds. The SMILES string of the molecule is CC[CH]C(Cl)C(C)(Cl)CC. The zero-order chi connectivity index (χ0) is 8.20. The van der Waals surface area contributed by atoms with Crippen LogP contribution in [0.4, 0.5) is 0 Å². The second-order valence-electron chi connectivity index (χ2n) is 2.68. The van der Waals surface area contributed by atoms with E-state index in [4.69, 9.17) is 23.2 Å². The molecule has 0 heterocycles. The van der Waals surface area contributed by atoms with Crippen molar-refractivity contribution in [2.75, 3.05) is 0 Å². The maximum absolute atomic E-state index is 6.09. The third kappa shape index (κ3) is 3.12. The monoisotopic (exact) mass is 181 g/mol. The van der Waals surface area contributed by atoms with Crippen LogP contribution >= 0.6 is 23.2 Å². The van der Waals surface area contributed by atoms with Gasteiger partial charge in [0, 0.05) is 0 Å². The lowest BCUT2D eigenvalue weighted by molar-refractivity contribution is 0.595. The van der Waals surface area contributed by atoms with Gasteiger partial charge in [0.25, 0.3) is 0 Å². The Kier molecular flexibility index (Phi) is 4.71. The molecule has 0 saturated heterocycles. The van der Waals surface area contributed by atoms with Crippen molar-refractivity contribution in [3.05, 3.63) is 6.42 Å². The molecule has 0 aliphatic carbocycles. The van der Waals surface area contributed by atoms with E-state index in [9.17, 15) is 0 Å². The van der Waals surface area contributed by atoms with Gasteiger partial charge in [-0.25, -0.2) is 0 Å². The van der Waals surface area contributed by atoms with Crippen LogP contribution in [0.3, 0.4) is 0 Å². The van der Waals surface area contributed by atoms with Crippen LogP contribution in [0.5, 0.6) is 0 Å². The lowest BCUT2D eigenvalue weighted by Crippen LogP contribution is -2.28. The van der Waals surface area contributed by atoms with Crippen LogP contribution in [0.25, 0.3) is 0 Å². The summed E-state index contributed by atoms with van der Waals surface area (Å²) in [7, 11) is 0. The summed E-state index contributed by atoms with van der Waals surface area (Å²) in [6.07, 6.45) is 3.92. The highest BCUT2D eigenvalue weighted by atomic mass is 35.5. The highest BCUT2D eigenvalue weighted by Gasteiger charge is 2.27. The molecule has 2 heteroatoms. The smallest absolute Gasteiger partial charge is 0.0582 e. The summed E-state index contributed by atoms with van der Waals surface area (Å²) in [5.41, 5.74) is 0. The van der Waals surface area contributed by atoms with Gasteiger partial charge in [-0.2, -0.15) is 0 Å². The van der Waals surface area contributed by atoms with Gasteiger partial charge in [-0.15, -0.1) is 23.2 Å². The first-order valence-electron chi connectivity index (χ1n) is 3.71. The Morgan fingerprint density at radius 2 is 2.00 bits per heavy atom. The van der Waals surface area contributed by atoms with Crippen molar-refractivity contribution in [1.29, 1.82) is 0 Å². The van der Waals surface area contributed by atoms with Crippen molar-refractivity contribution in [3.8, 4) is 0 Å². The molecule has 0 aliphatic rings. The standard InChI is InChI=1S/C8H15Cl2/c1-4-6-7(9)8(3,10)5-2/h6-7H,4-5H2,1-3H3. The van der Waals surface area contributed by atoms with E-state index in [1.807, 2.05) is 20.3 Å². The van der Waals surface area contributed by atoms with Crippen LogP contribution in [0.1, 0.15) is 33.6 Å². The molecule has 10 heavy (non-hydrogen) atoms. The molecule has 61 valence electrons. The van der Waals surface area contributed by atoms with Gasteiger partial charge in [-0.1, -0.05) is 20.3 Å². The third-order valence-electron chi connectivity index (χ3n) is 1.71. The van der Waals surface area contributed by atoms with Gasteiger partial charge in [-0.3, -0.25) is 0 Å². The Hall–Kier alpha value is 0.580. The van der Waals surface area contributed by atoms with Crippen LogP contribution < -0.4 is 0 Å². The summed E-state index contributed by atoms with van der Waals surface area (Å²) < 4.78 is 0. The Morgan fingerprint density at radius 1 is 1.50 bits per heavy atom. The minimum Gasteiger partial charge on any atom is -0.121 e. The second-order valence-corrected chi connectivity index (χ2v) is 4.01. The Morgan fingerprint density at radius 3 is 2.30 bits per heavy atom. The molecule has 1 radical (unpaired) electrons. The Labute approximate surface area is 73.9 Å². The summed E-state index contributed by atoms with van der Waals surface area (Å²) in [5, 5.41) is -0.0100. The molecule has 2 unspecified atom stereocenters. The van der Waals surface area contributed by atoms with E-state index in [0.29, 0.717) is 0 Å². The maximum Gasteiger partial charge on any atom is 0.0582 e. The maximum atomic E-state index is 6.09. The van der Waals surface area contributed by atoms with Crippen LogP contribution in [-0.4, -0.2) is 10.3 Å². The largest absolute Gasteiger partial charge is 0.121 e. The number of halogens is 2. The summed E-state index contributed by atoms with van der Waals surface area (Å²) in [6.45, 7) is 6.09. The van der Waals surface area contributed by atoms with E-state index in [1.165, 1.54) is 0 Å². The van der Waals surface area contributed by atoms with Gasteiger partial charge >= 0.3 is 0 Å². The van der Waals surface area contributed by atoms with Crippen molar-refractivity contribution in [2.24, 2.45) is 0 Å². The fourth-order valence-corrected chi connectivity index (χ4v) is 1.07. The molecule has 0 spiro atoms. The molecular formula is C8H15Cl2. The fourth-order valence-electron chi connectivity index (χ4n) is 0.648. The summed E-state index contributed by atoms with van der Waals surface area (Å²) in [5.74, 6) is 0. The molecule has 0 aromatic heterocycles. The molecular weight excluding hydrogens is 167 g/mol. The van der Waals surface area contributed by atoms with Crippen molar-refractivity contribution >= 4 is 23.2 Å². The van der Waals surface area contributed by atoms with Gasteiger partial charge in [0.2, 0.25) is 0 Å². The zero-order valence-electron chi connectivity index (χ0n) is 6.82. The van der Waals surface area contributed by atoms with Crippen LogP contribution in [-0.2, 0) is 0 Å². The van der Waals surface area contributed by atoms with Gasteiger partial charge in [0.1, 0.15) is 0 Å². The van der Waals surface area contributed by atoms with Crippen molar-refractivity contribution in [1.82, 2.24) is 0 Å². The Bertz CT molecular complexity index is 89.3. The van der Waals surface area contributed by atoms with Gasteiger partial charge < -0.3 is 0 Å². The van der Waals surface area contributed by atoms with E-state index in [0.717, 1.165) is 12.8 Å².